The van der Waals surface area contributed by atoms with E-state index in [2.05, 4.69) is 4.98 Å². The molecule has 0 saturated carbocycles. The van der Waals surface area contributed by atoms with Crippen molar-refractivity contribution in [3.05, 3.63) is 86.3 Å². The van der Waals surface area contributed by atoms with Crippen LogP contribution in [-0.2, 0) is 17.9 Å². The average molecular weight is 382 g/mol. The van der Waals surface area contributed by atoms with E-state index in [0.29, 0.717) is 11.4 Å². The Kier molecular flexibility index (Phi) is 5.87. The van der Waals surface area contributed by atoms with E-state index < -0.39 is 0 Å². The molecule has 0 aliphatic heterocycles. The second-order valence-electron chi connectivity index (χ2n) is 5.26. The molecular formula is C18H14ClF2NS2. The summed E-state index contributed by atoms with van der Waals surface area (Å²) in [5.41, 5.74) is 2.98. The lowest BCUT2D eigenvalue weighted by atomic mass is 10.1. The quantitative estimate of drug-likeness (QED) is 0.511. The van der Waals surface area contributed by atoms with Gasteiger partial charge in [-0.1, -0.05) is 29.8 Å². The Labute approximate surface area is 152 Å². The van der Waals surface area contributed by atoms with Gasteiger partial charge in [0.05, 0.1) is 10.7 Å². The Hall–Kier alpha value is -1.43. The largest absolute Gasteiger partial charge is 0.245 e. The highest BCUT2D eigenvalue weighted by molar-refractivity contribution is 7.97. The summed E-state index contributed by atoms with van der Waals surface area (Å²) >= 11 is 9.37. The Balaban J connectivity index is 1.54. The summed E-state index contributed by atoms with van der Waals surface area (Å²) in [5, 5.41) is 3.42. The van der Waals surface area contributed by atoms with Gasteiger partial charge in [-0.15, -0.1) is 11.3 Å². The number of benzene rings is 2. The van der Waals surface area contributed by atoms with E-state index in [1.807, 2.05) is 5.38 Å². The van der Waals surface area contributed by atoms with Crippen molar-refractivity contribution in [2.45, 2.75) is 17.9 Å². The standard InChI is InChI=1S/C18H14ClF2NS2/c19-17-8-15(21)6-3-13(17)7-18-22-16(11-24-18)10-23-9-12-1-4-14(20)5-2-12/h1-6,8,11H,7,9-10H2. The van der Waals surface area contributed by atoms with Gasteiger partial charge in [0.1, 0.15) is 11.6 Å². The van der Waals surface area contributed by atoms with E-state index in [4.69, 9.17) is 11.6 Å². The third kappa shape index (κ3) is 4.79. The lowest BCUT2D eigenvalue weighted by Gasteiger charge is -2.02. The third-order valence-corrected chi connectivity index (χ3v) is 5.67. The van der Waals surface area contributed by atoms with Crippen LogP contribution < -0.4 is 0 Å². The Morgan fingerprint density at radius 3 is 2.50 bits per heavy atom. The Morgan fingerprint density at radius 1 is 1.00 bits per heavy atom. The van der Waals surface area contributed by atoms with Gasteiger partial charge in [-0.05, 0) is 35.4 Å². The molecule has 0 aliphatic rings. The molecule has 0 fully saturated rings. The van der Waals surface area contributed by atoms with Crippen LogP contribution in [0.5, 0.6) is 0 Å². The molecule has 0 aliphatic carbocycles. The molecule has 0 spiro atoms. The number of hydrogen-bond acceptors (Lipinski definition) is 3. The molecular weight excluding hydrogens is 368 g/mol. The van der Waals surface area contributed by atoms with Gasteiger partial charge < -0.3 is 0 Å². The maximum atomic E-state index is 13.1. The molecule has 2 aromatic carbocycles. The molecule has 0 N–H and O–H groups in total. The number of thiazole rings is 1. The van der Waals surface area contributed by atoms with E-state index in [-0.39, 0.29) is 11.6 Å². The van der Waals surface area contributed by atoms with Gasteiger partial charge in [0.25, 0.3) is 0 Å². The number of aromatic nitrogens is 1. The highest BCUT2D eigenvalue weighted by Crippen LogP contribution is 2.24. The Morgan fingerprint density at radius 2 is 1.75 bits per heavy atom. The highest BCUT2D eigenvalue weighted by Gasteiger charge is 2.07. The minimum atomic E-state index is -0.333. The van der Waals surface area contributed by atoms with Crippen molar-refractivity contribution in [1.82, 2.24) is 4.98 Å². The van der Waals surface area contributed by atoms with E-state index in [1.54, 1.807) is 41.3 Å². The first-order chi connectivity index (χ1) is 11.6. The van der Waals surface area contributed by atoms with Crippen LogP contribution in [0.2, 0.25) is 5.02 Å². The summed E-state index contributed by atoms with van der Waals surface area (Å²) in [6, 6.07) is 11.0. The predicted molar refractivity (Wildman–Crippen MR) is 97.7 cm³/mol. The minimum absolute atomic E-state index is 0.215. The topological polar surface area (TPSA) is 12.9 Å². The SMILES string of the molecule is Fc1ccc(CSCc2csc(Cc3ccc(F)cc3Cl)n2)cc1. The number of nitrogens with zero attached hydrogens (tertiary/aromatic N) is 1. The lowest BCUT2D eigenvalue weighted by Crippen LogP contribution is -1.91. The molecule has 124 valence electrons. The van der Waals surface area contributed by atoms with Gasteiger partial charge in [-0.3, -0.25) is 0 Å². The van der Waals surface area contributed by atoms with Crippen LogP contribution in [-0.4, -0.2) is 4.98 Å². The summed E-state index contributed by atoms with van der Waals surface area (Å²) in [6.45, 7) is 0. The van der Waals surface area contributed by atoms with Crippen molar-refractivity contribution in [1.29, 1.82) is 0 Å². The summed E-state index contributed by atoms with van der Waals surface area (Å²) in [5.74, 6) is 1.07. The second-order valence-corrected chi connectivity index (χ2v) is 7.60. The van der Waals surface area contributed by atoms with Gasteiger partial charge in [0.2, 0.25) is 0 Å². The van der Waals surface area contributed by atoms with Gasteiger partial charge in [0, 0.05) is 28.3 Å². The molecule has 0 amide bonds. The van der Waals surface area contributed by atoms with E-state index >= 15 is 0 Å². The molecule has 0 unspecified atom stereocenters. The summed E-state index contributed by atoms with van der Waals surface area (Å²) in [6.07, 6.45) is 0.604. The smallest absolute Gasteiger partial charge is 0.124 e. The van der Waals surface area contributed by atoms with Crippen molar-refractivity contribution < 1.29 is 8.78 Å². The molecule has 1 nitrogen and oxygen atoms in total. The van der Waals surface area contributed by atoms with E-state index in [0.717, 1.165) is 33.3 Å². The molecule has 0 saturated heterocycles. The van der Waals surface area contributed by atoms with Gasteiger partial charge in [-0.25, -0.2) is 13.8 Å². The minimum Gasteiger partial charge on any atom is -0.245 e. The zero-order valence-corrected chi connectivity index (χ0v) is 15.0. The Bertz CT molecular complexity index is 818. The van der Waals surface area contributed by atoms with E-state index in [9.17, 15) is 8.78 Å². The fourth-order valence-electron chi connectivity index (χ4n) is 2.18. The van der Waals surface area contributed by atoms with Crippen molar-refractivity contribution in [2.24, 2.45) is 0 Å². The van der Waals surface area contributed by atoms with Crippen molar-refractivity contribution in [2.75, 3.05) is 0 Å². The van der Waals surface area contributed by atoms with Gasteiger partial charge >= 0.3 is 0 Å². The summed E-state index contributed by atoms with van der Waals surface area (Å²) in [7, 11) is 0. The van der Waals surface area contributed by atoms with Crippen molar-refractivity contribution in [3.63, 3.8) is 0 Å². The number of halogens is 3. The third-order valence-electron chi connectivity index (χ3n) is 3.39. The maximum Gasteiger partial charge on any atom is 0.124 e. The first-order valence-electron chi connectivity index (χ1n) is 7.29. The number of rotatable bonds is 6. The molecule has 0 bridgehead atoms. The lowest BCUT2D eigenvalue weighted by molar-refractivity contribution is 0.627. The molecule has 0 radical (unpaired) electrons. The van der Waals surface area contributed by atoms with Crippen LogP contribution in [0.25, 0.3) is 0 Å². The highest BCUT2D eigenvalue weighted by atomic mass is 35.5. The first kappa shape index (κ1) is 17.4. The molecule has 6 heteroatoms. The molecule has 1 aromatic heterocycles. The fraction of sp³-hybridized carbons (Fsp3) is 0.167. The van der Waals surface area contributed by atoms with Crippen LogP contribution in [0, 0.1) is 11.6 Å². The summed E-state index contributed by atoms with van der Waals surface area (Å²) in [4.78, 5) is 4.60. The van der Waals surface area contributed by atoms with Crippen molar-refractivity contribution in [3.8, 4) is 0 Å². The number of hydrogen-bond donors (Lipinski definition) is 0. The normalized spacial score (nSPS) is 11.0. The molecule has 1 heterocycles. The zero-order valence-electron chi connectivity index (χ0n) is 12.6. The van der Waals surface area contributed by atoms with E-state index in [1.165, 1.54) is 24.3 Å². The van der Waals surface area contributed by atoms with Crippen LogP contribution in [0.3, 0.4) is 0 Å². The zero-order chi connectivity index (χ0) is 16.9. The summed E-state index contributed by atoms with van der Waals surface area (Å²) < 4.78 is 25.9. The molecule has 0 atom stereocenters. The van der Waals surface area contributed by atoms with Gasteiger partial charge in [-0.2, -0.15) is 11.8 Å². The fourth-order valence-corrected chi connectivity index (χ4v) is 4.22. The average Bonchev–Trinajstić information content (AvgIpc) is 3.00. The molecule has 3 rings (SSSR count). The number of thioether (sulfide) groups is 1. The second kappa shape index (κ2) is 8.10. The molecule has 24 heavy (non-hydrogen) atoms. The maximum absolute atomic E-state index is 13.1. The monoisotopic (exact) mass is 381 g/mol. The van der Waals surface area contributed by atoms with Crippen LogP contribution in [0.15, 0.2) is 47.8 Å². The predicted octanol–water partition coefficient (Wildman–Crippen LogP) is 6.10. The van der Waals surface area contributed by atoms with Crippen LogP contribution in [0.1, 0.15) is 21.8 Å². The van der Waals surface area contributed by atoms with Gasteiger partial charge in [0.15, 0.2) is 0 Å². The first-order valence-corrected chi connectivity index (χ1v) is 9.71. The van der Waals surface area contributed by atoms with Crippen LogP contribution >= 0.6 is 34.7 Å². The molecule has 3 aromatic rings. The van der Waals surface area contributed by atoms with Crippen molar-refractivity contribution >= 4 is 34.7 Å². The van der Waals surface area contributed by atoms with Crippen LogP contribution in [0.4, 0.5) is 8.78 Å².